The molecule has 0 amide bonds. The van der Waals surface area contributed by atoms with Gasteiger partial charge in [0.05, 0.1) is 6.04 Å². The molecule has 0 saturated heterocycles. The summed E-state index contributed by atoms with van der Waals surface area (Å²) in [6, 6.07) is 10.6. The van der Waals surface area contributed by atoms with Gasteiger partial charge in [-0.3, -0.25) is 4.79 Å². The van der Waals surface area contributed by atoms with E-state index in [4.69, 9.17) is 0 Å². The minimum atomic E-state index is 0.266. The number of carbonyl (C=O) groups is 1. The summed E-state index contributed by atoms with van der Waals surface area (Å²) in [5.41, 5.74) is 3.39. The van der Waals surface area contributed by atoms with Crippen molar-refractivity contribution in [3.63, 3.8) is 0 Å². The Kier molecular flexibility index (Phi) is 3.31. The zero-order chi connectivity index (χ0) is 13.4. The molecular formula is C16H16BrNO. The lowest BCUT2D eigenvalue weighted by Crippen LogP contribution is -2.15. The molecular weight excluding hydrogens is 302 g/mol. The number of ketones is 1. The molecule has 1 heterocycles. The average molecular weight is 318 g/mol. The van der Waals surface area contributed by atoms with Crippen LogP contribution in [0.5, 0.6) is 0 Å². The van der Waals surface area contributed by atoms with Gasteiger partial charge >= 0.3 is 0 Å². The fourth-order valence-electron chi connectivity index (χ4n) is 2.81. The highest BCUT2D eigenvalue weighted by Gasteiger charge is 2.22. The van der Waals surface area contributed by atoms with Gasteiger partial charge in [0.25, 0.3) is 0 Å². The van der Waals surface area contributed by atoms with Crippen LogP contribution in [0.1, 0.15) is 47.4 Å². The van der Waals surface area contributed by atoms with Crippen molar-refractivity contribution in [3.05, 3.63) is 57.8 Å². The van der Waals surface area contributed by atoms with Crippen LogP contribution >= 0.6 is 15.9 Å². The van der Waals surface area contributed by atoms with Gasteiger partial charge in [-0.1, -0.05) is 28.1 Å². The molecule has 2 nitrogen and oxygen atoms in total. The normalized spacial score (nSPS) is 16.2. The van der Waals surface area contributed by atoms with Crippen LogP contribution in [-0.4, -0.2) is 10.4 Å². The zero-order valence-corrected chi connectivity index (χ0v) is 12.5. The number of carbonyl (C=O) groups excluding carboxylic acids is 1. The van der Waals surface area contributed by atoms with Gasteiger partial charge < -0.3 is 4.57 Å². The summed E-state index contributed by atoms with van der Waals surface area (Å²) in [7, 11) is 0. The van der Waals surface area contributed by atoms with Crippen molar-refractivity contribution < 1.29 is 4.79 Å². The van der Waals surface area contributed by atoms with Crippen LogP contribution in [-0.2, 0) is 6.42 Å². The van der Waals surface area contributed by atoms with Gasteiger partial charge in [0.2, 0.25) is 0 Å². The molecule has 3 heteroatoms. The van der Waals surface area contributed by atoms with E-state index in [2.05, 4.69) is 57.9 Å². The van der Waals surface area contributed by atoms with E-state index in [1.165, 1.54) is 11.3 Å². The predicted octanol–water partition coefficient (Wildman–Crippen LogP) is 4.38. The number of Topliss-reactive ketones (excluding diaryl/α,β-unsaturated/α-hetero) is 1. The van der Waals surface area contributed by atoms with E-state index in [1.807, 2.05) is 6.07 Å². The summed E-state index contributed by atoms with van der Waals surface area (Å²) in [4.78, 5) is 11.9. The molecule has 0 N–H and O–H groups in total. The molecule has 1 aromatic heterocycles. The number of nitrogens with zero attached hydrogens (tertiary/aromatic N) is 1. The van der Waals surface area contributed by atoms with Crippen molar-refractivity contribution in [2.45, 2.75) is 32.2 Å². The Morgan fingerprint density at radius 2 is 1.89 bits per heavy atom. The maximum atomic E-state index is 11.9. The number of halogens is 1. The van der Waals surface area contributed by atoms with Gasteiger partial charge in [0.15, 0.2) is 5.78 Å². The van der Waals surface area contributed by atoms with Crippen LogP contribution in [0, 0.1) is 0 Å². The first kappa shape index (κ1) is 12.7. The van der Waals surface area contributed by atoms with Crippen molar-refractivity contribution in [1.82, 2.24) is 4.57 Å². The third kappa shape index (κ3) is 2.27. The Labute approximate surface area is 121 Å². The smallest absolute Gasteiger partial charge is 0.164 e. The second-order valence-electron chi connectivity index (χ2n) is 5.09. The molecule has 0 spiro atoms. The van der Waals surface area contributed by atoms with Gasteiger partial charge in [-0.05, 0) is 43.5 Å². The molecule has 0 bridgehead atoms. The van der Waals surface area contributed by atoms with E-state index in [-0.39, 0.29) is 6.04 Å². The van der Waals surface area contributed by atoms with Gasteiger partial charge in [-0.15, -0.1) is 0 Å². The van der Waals surface area contributed by atoms with E-state index in [9.17, 15) is 4.79 Å². The zero-order valence-electron chi connectivity index (χ0n) is 10.9. The van der Waals surface area contributed by atoms with Crippen molar-refractivity contribution in [2.24, 2.45) is 0 Å². The molecule has 19 heavy (non-hydrogen) atoms. The standard InChI is InChI=1S/C16H16BrNO/c1-11(12-5-7-13(17)8-6-12)18-10-9-14-15(18)3-2-4-16(14)19/h5-11H,2-4H2,1H3. The molecule has 1 aliphatic rings. The third-order valence-electron chi connectivity index (χ3n) is 3.91. The molecule has 1 unspecified atom stereocenters. The van der Waals surface area contributed by atoms with Crippen molar-refractivity contribution in [2.75, 3.05) is 0 Å². The highest BCUT2D eigenvalue weighted by atomic mass is 79.9. The maximum Gasteiger partial charge on any atom is 0.164 e. The van der Waals surface area contributed by atoms with E-state index >= 15 is 0 Å². The Bertz CT molecular complexity index is 612. The van der Waals surface area contributed by atoms with Crippen LogP contribution in [0.2, 0.25) is 0 Å². The lowest BCUT2D eigenvalue weighted by molar-refractivity contribution is 0.0971. The molecule has 2 aromatic rings. The summed E-state index contributed by atoms with van der Waals surface area (Å²) in [6.07, 6.45) is 4.74. The highest BCUT2D eigenvalue weighted by molar-refractivity contribution is 9.10. The first-order valence-electron chi connectivity index (χ1n) is 6.65. The largest absolute Gasteiger partial charge is 0.344 e. The first-order chi connectivity index (χ1) is 9.16. The Balaban J connectivity index is 1.98. The summed E-state index contributed by atoms with van der Waals surface area (Å²) in [5.74, 6) is 0.294. The van der Waals surface area contributed by atoms with Gasteiger partial charge in [-0.25, -0.2) is 0 Å². The summed E-state index contributed by atoms with van der Waals surface area (Å²) in [5, 5.41) is 0. The van der Waals surface area contributed by atoms with Gasteiger partial charge in [-0.2, -0.15) is 0 Å². The average Bonchev–Trinajstić information content (AvgIpc) is 2.84. The van der Waals surface area contributed by atoms with Crippen molar-refractivity contribution in [3.8, 4) is 0 Å². The summed E-state index contributed by atoms with van der Waals surface area (Å²) >= 11 is 3.46. The maximum absolute atomic E-state index is 11.9. The topological polar surface area (TPSA) is 22.0 Å². The number of hydrogen-bond donors (Lipinski definition) is 0. The second kappa shape index (κ2) is 4.97. The second-order valence-corrected chi connectivity index (χ2v) is 6.00. The molecule has 0 radical (unpaired) electrons. The van der Waals surface area contributed by atoms with Crippen LogP contribution in [0.15, 0.2) is 41.0 Å². The Morgan fingerprint density at radius 3 is 2.63 bits per heavy atom. The van der Waals surface area contributed by atoms with Crippen molar-refractivity contribution >= 4 is 21.7 Å². The lowest BCUT2D eigenvalue weighted by Gasteiger charge is -2.21. The Hall–Kier alpha value is -1.35. The monoisotopic (exact) mass is 317 g/mol. The molecule has 0 aliphatic heterocycles. The lowest BCUT2D eigenvalue weighted by atomic mass is 9.96. The first-order valence-corrected chi connectivity index (χ1v) is 7.44. The van der Waals surface area contributed by atoms with E-state index < -0.39 is 0 Å². The van der Waals surface area contributed by atoms with Crippen LogP contribution in [0.25, 0.3) is 0 Å². The summed E-state index contributed by atoms with van der Waals surface area (Å²) < 4.78 is 3.34. The molecule has 0 saturated carbocycles. The quantitative estimate of drug-likeness (QED) is 0.805. The SMILES string of the molecule is CC(c1ccc(Br)cc1)n1ccc2c1CCCC2=O. The number of rotatable bonds is 2. The fraction of sp³-hybridized carbons (Fsp3) is 0.312. The number of fused-ring (bicyclic) bond motifs is 1. The molecule has 1 aliphatic carbocycles. The minimum Gasteiger partial charge on any atom is -0.344 e. The highest BCUT2D eigenvalue weighted by Crippen LogP contribution is 2.28. The Morgan fingerprint density at radius 1 is 1.16 bits per heavy atom. The number of hydrogen-bond acceptors (Lipinski definition) is 1. The number of aromatic nitrogens is 1. The molecule has 3 rings (SSSR count). The van der Waals surface area contributed by atoms with E-state index in [0.29, 0.717) is 12.2 Å². The fourth-order valence-corrected chi connectivity index (χ4v) is 3.08. The molecule has 1 aromatic carbocycles. The molecule has 0 fully saturated rings. The van der Waals surface area contributed by atoms with Crippen LogP contribution < -0.4 is 0 Å². The van der Waals surface area contributed by atoms with Gasteiger partial charge in [0, 0.05) is 28.3 Å². The van der Waals surface area contributed by atoms with Crippen LogP contribution in [0.3, 0.4) is 0 Å². The number of benzene rings is 1. The minimum absolute atomic E-state index is 0.266. The summed E-state index contributed by atoms with van der Waals surface area (Å²) in [6.45, 7) is 2.18. The molecule has 1 atom stereocenters. The molecule has 98 valence electrons. The van der Waals surface area contributed by atoms with E-state index in [0.717, 1.165) is 22.9 Å². The van der Waals surface area contributed by atoms with E-state index in [1.54, 1.807) is 0 Å². The predicted molar refractivity (Wildman–Crippen MR) is 79.7 cm³/mol. The van der Waals surface area contributed by atoms with Crippen molar-refractivity contribution in [1.29, 1.82) is 0 Å². The van der Waals surface area contributed by atoms with Gasteiger partial charge in [0.1, 0.15) is 0 Å². The third-order valence-corrected chi connectivity index (χ3v) is 4.44. The van der Waals surface area contributed by atoms with Crippen LogP contribution in [0.4, 0.5) is 0 Å².